The average molecular weight is 466 g/mol. The summed E-state index contributed by atoms with van der Waals surface area (Å²) < 4.78 is 26.8. The molecule has 2 atom stereocenters. The predicted molar refractivity (Wildman–Crippen MR) is 122 cm³/mol. The molecule has 0 bridgehead atoms. The van der Waals surface area contributed by atoms with Gasteiger partial charge in [0.25, 0.3) is 5.91 Å². The number of carbonyl (C=O) groups is 1. The number of hydrogen-bond acceptors (Lipinski definition) is 4. The van der Waals surface area contributed by atoms with Crippen molar-refractivity contribution >= 4 is 28.4 Å². The molecule has 1 amide bonds. The molecule has 2 aliphatic carbocycles. The van der Waals surface area contributed by atoms with Crippen LogP contribution in [-0.2, 0) is 0 Å². The van der Waals surface area contributed by atoms with Crippen LogP contribution in [-0.4, -0.2) is 59.1 Å². The summed E-state index contributed by atoms with van der Waals surface area (Å²) in [5.41, 5.74) is 0.686. The number of carbonyl (C=O) groups excluding carboxylic acids is 1. The topological polar surface area (TPSA) is 65.5 Å². The second-order valence-corrected chi connectivity index (χ2v) is 10.0. The zero-order valence-corrected chi connectivity index (χ0v) is 19.3. The largest absolute Gasteiger partial charge is 0.388 e. The Labute approximate surface area is 192 Å². The number of halogens is 3. The van der Waals surface area contributed by atoms with Gasteiger partial charge in [-0.05, 0) is 64.4 Å². The van der Waals surface area contributed by atoms with Crippen LogP contribution in [0.4, 0.5) is 8.78 Å². The summed E-state index contributed by atoms with van der Waals surface area (Å²) in [5, 5.41) is 14.2. The summed E-state index contributed by atoms with van der Waals surface area (Å²) in [4.78, 5) is 20.0. The van der Waals surface area contributed by atoms with Crippen LogP contribution in [0, 0.1) is 0 Å². The number of amides is 1. The molecule has 2 saturated carbocycles. The third-order valence-corrected chi connectivity index (χ3v) is 7.43. The van der Waals surface area contributed by atoms with Crippen LogP contribution in [0.1, 0.15) is 66.9 Å². The number of fused-ring (bicyclic) bond motifs is 1. The Morgan fingerprint density at radius 2 is 1.91 bits per heavy atom. The van der Waals surface area contributed by atoms with E-state index in [0.717, 1.165) is 25.0 Å². The van der Waals surface area contributed by atoms with Crippen molar-refractivity contribution in [3.63, 3.8) is 0 Å². The predicted octanol–water partition coefficient (Wildman–Crippen LogP) is 4.76. The monoisotopic (exact) mass is 465 g/mol. The molecule has 0 spiro atoms. The van der Waals surface area contributed by atoms with E-state index in [4.69, 9.17) is 16.6 Å². The summed E-state index contributed by atoms with van der Waals surface area (Å²) in [6.45, 7) is -0.0891. The fraction of sp³-hybridized carbons (Fsp3) is 0.583. The van der Waals surface area contributed by atoms with Crippen molar-refractivity contribution in [2.75, 3.05) is 20.6 Å². The number of hydrogen-bond donors (Lipinski definition) is 2. The standard InChI is InChI=1S/C24H30ClF2N3O2/c1-30(2)16-4-3-15(13-16)19-7-5-17-20(29-19)8-6-18(25)21(17)22(31)28-14-23(32)9-11-24(26,27)12-10-23/h5-8,15-16,32H,3-4,9-14H2,1-2H3,(H,28,31). The number of benzene rings is 1. The van der Waals surface area contributed by atoms with Crippen molar-refractivity contribution in [3.05, 3.63) is 40.5 Å². The molecule has 32 heavy (non-hydrogen) atoms. The zero-order valence-electron chi connectivity index (χ0n) is 18.5. The Morgan fingerprint density at radius 3 is 2.56 bits per heavy atom. The van der Waals surface area contributed by atoms with Crippen molar-refractivity contribution in [1.82, 2.24) is 15.2 Å². The first-order valence-electron chi connectivity index (χ1n) is 11.2. The van der Waals surface area contributed by atoms with Gasteiger partial charge < -0.3 is 15.3 Å². The van der Waals surface area contributed by atoms with Gasteiger partial charge in [-0.25, -0.2) is 8.78 Å². The van der Waals surface area contributed by atoms with Gasteiger partial charge in [0.15, 0.2) is 0 Å². The van der Waals surface area contributed by atoms with E-state index in [-0.39, 0.29) is 32.2 Å². The van der Waals surface area contributed by atoms with Crippen LogP contribution in [0.15, 0.2) is 24.3 Å². The van der Waals surface area contributed by atoms with E-state index in [2.05, 4.69) is 24.3 Å². The molecule has 5 nitrogen and oxygen atoms in total. The van der Waals surface area contributed by atoms with Crippen LogP contribution in [0.3, 0.4) is 0 Å². The lowest BCUT2D eigenvalue weighted by Crippen LogP contribution is -2.47. The molecule has 2 aromatic rings. The highest BCUT2D eigenvalue weighted by Gasteiger charge is 2.42. The summed E-state index contributed by atoms with van der Waals surface area (Å²) in [6.07, 6.45) is 2.42. The van der Waals surface area contributed by atoms with Gasteiger partial charge >= 0.3 is 0 Å². The zero-order chi connectivity index (χ0) is 23.1. The summed E-state index contributed by atoms with van der Waals surface area (Å²) in [6, 6.07) is 7.87. The van der Waals surface area contributed by atoms with Gasteiger partial charge in [-0.3, -0.25) is 9.78 Å². The maximum atomic E-state index is 13.4. The number of rotatable bonds is 5. The molecule has 0 saturated heterocycles. The van der Waals surface area contributed by atoms with Crippen LogP contribution in [0.2, 0.25) is 5.02 Å². The number of nitrogens with zero attached hydrogens (tertiary/aromatic N) is 2. The van der Waals surface area contributed by atoms with E-state index in [9.17, 15) is 18.7 Å². The maximum Gasteiger partial charge on any atom is 0.253 e. The fourth-order valence-electron chi connectivity index (χ4n) is 4.94. The van der Waals surface area contributed by atoms with Crippen LogP contribution in [0.25, 0.3) is 10.9 Å². The molecule has 2 N–H and O–H groups in total. The second-order valence-electron chi connectivity index (χ2n) is 9.62. The average Bonchev–Trinajstić information content (AvgIpc) is 3.25. The Balaban J connectivity index is 1.51. The molecular weight excluding hydrogens is 436 g/mol. The number of pyridine rings is 1. The Morgan fingerprint density at radius 1 is 1.19 bits per heavy atom. The molecule has 2 aliphatic rings. The number of alkyl halides is 2. The van der Waals surface area contributed by atoms with Gasteiger partial charge in [-0.1, -0.05) is 17.7 Å². The molecule has 174 valence electrons. The van der Waals surface area contributed by atoms with Crippen molar-refractivity contribution in [3.8, 4) is 0 Å². The molecule has 2 unspecified atom stereocenters. The molecular formula is C24H30ClF2N3O2. The first-order valence-corrected chi connectivity index (χ1v) is 11.6. The third kappa shape index (κ3) is 4.90. The van der Waals surface area contributed by atoms with Crippen LogP contribution >= 0.6 is 11.6 Å². The quantitative estimate of drug-likeness (QED) is 0.668. The van der Waals surface area contributed by atoms with E-state index in [1.54, 1.807) is 6.07 Å². The summed E-state index contributed by atoms with van der Waals surface area (Å²) in [5.74, 6) is -2.79. The lowest BCUT2D eigenvalue weighted by molar-refractivity contribution is -0.101. The van der Waals surface area contributed by atoms with Crippen LogP contribution in [0.5, 0.6) is 0 Å². The van der Waals surface area contributed by atoms with E-state index in [1.807, 2.05) is 18.2 Å². The van der Waals surface area contributed by atoms with Gasteiger partial charge in [0, 0.05) is 42.4 Å². The third-order valence-electron chi connectivity index (χ3n) is 7.11. The molecule has 8 heteroatoms. The highest BCUT2D eigenvalue weighted by Crippen LogP contribution is 2.39. The number of aliphatic hydroxyl groups is 1. The van der Waals surface area contributed by atoms with E-state index in [1.165, 1.54) is 0 Å². The Hall–Kier alpha value is -1.83. The van der Waals surface area contributed by atoms with E-state index in [0.29, 0.717) is 33.4 Å². The molecule has 1 aromatic heterocycles. The molecule has 0 radical (unpaired) electrons. The Kier molecular flexibility index (Phi) is 6.45. The molecule has 4 rings (SSSR count). The van der Waals surface area contributed by atoms with Gasteiger partial charge in [-0.2, -0.15) is 0 Å². The van der Waals surface area contributed by atoms with Gasteiger partial charge in [-0.15, -0.1) is 0 Å². The highest BCUT2D eigenvalue weighted by atomic mass is 35.5. The molecule has 1 aromatic carbocycles. The summed E-state index contributed by atoms with van der Waals surface area (Å²) in [7, 11) is 4.20. The van der Waals surface area contributed by atoms with Crippen molar-refractivity contribution in [2.24, 2.45) is 0 Å². The SMILES string of the molecule is CN(C)C1CCC(c2ccc3c(C(=O)NCC4(O)CCC(F)(F)CC4)c(Cl)ccc3n2)C1. The minimum Gasteiger partial charge on any atom is -0.388 e. The van der Waals surface area contributed by atoms with Gasteiger partial charge in [0.1, 0.15) is 0 Å². The number of aromatic nitrogens is 1. The normalized spacial score (nSPS) is 24.7. The van der Waals surface area contributed by atoms with Gasteiger partial charge in [0.2, 0.25) is 5.92 Å². The first kappa shape index (κ1) is 23.3. The lowest BCUT2D eigenvalue weighted by Gasteiger charge is -2.35. The molecule has 0 aliphatic heterocycles. The van der Waals surface area contributed by atoms with Gasteiger partial charge in [0.05, 0.1) is 21.7 Å². The van der Waals surface area contributed by atoms with Crippen molar-refractivity contribution in [1.29, 1.82) is 0 Å². The first-order chi connectivity index (χ1) is 15.1. The van der Waals surface area contributed by atoms with Crippen LogP contribution < -0.4 is 5.32 Å². The van der Waals surface area contributed by atoms with Crippen molar-refractivity contribution in [2.45, 2.75) is 68.4 Å². The van der Waals surface area contributed by atoms with Crippen molar-refractivity contribution < 1.29 is 18.7 Å². The maximum absolute atomic E-state index is 13.4. The molecule has 2 fully saturated rings. The minimum absolute atomic E-state index is 0.0518. The smallest absolute Gasteiger partial charge is 0.253 e. The molecule has 1 heterocycles. The minimum atomic E-state index is -2.75. The van der Waals surface area contributed by atoms with E-state index >= 15 is 0 Å². The highest BCUT2D eigenvalue weighted by molar-refractivity contribution is 6.35. The fourth-order valence-corrected chi connectivity index (χ4v) is 5.19. The number of nitrogens with one attached hydrogen (secondary N) is 1. The lowest BCUT2D eigenvalue weighted by atomic mass is 9.82. The summed E-state index contributed by atoms with van der Waals surface area (Å²) >= 11 is 6.36. The Bertz CT molecular complexity index is 1000. The second kappa shape index (κ2) is 8.84. The van der Waals surface area contributed by atoms with E-state index < -0.39 is 17.4 Å².